The van der Waals surface area contributed by atoms with E-state index < -0.39 is 10.0 Å². The lowest BCUT2D eigenvalue weighted by Crippen LogP contribution is -2.44. The van der Waals surface area contributed by atoms with Crippen LogP contribution < -0.4 is 9.47 Å². The summed E-state index contributed by atoms with van der Waals surface area (Å²) in [5.41, 5.74) is 0.958. The van der Waals surface area contributed by atoms with Gasteiger partial charge in [-0.1, -0.05) is 17.7 Å². The molecule has 1 fully saturated rings. The molecule has 0 saturated heterocycles. The van der Waals surface area contributed by atoms with Crippen LogP contribution in [0.4, 0.5) is 0 Å². The van der Waals surface area contributed by atoms with Gasteiger partial charge in [-0.2, -0.15) is 4.31 Å². The molecule has 8 nitrogen and oxygen atoms in total. The van der Waals surface area contributed by atoms with Crippen molar-refractivity contribution >= 4 is 27.5 Å². The Morgan fingerprint density at radius 3 is 2.34 bits per heavy atom. The van der Waals surface area contributed by atoms with Crippen molar-refractivity contribution < 1.29 is 27.1 Å². The lowest BCUT2D eigenvalue weighted by molar-refractivity contribution is -0.132. The largest absolute Gasteiger partial charge is 0.493 e. The fraction of sp³-hybridized carbons (Fsp3) is 0.393. The molecule has 0 aliphatic heterocycles. The highest BCUT2D eigenvalue weighted by Gasteiger charge is 2.34. The second-order valence-electron chi connectivity index (χ2n) is 9.46. The maximum atomic E-state index is 13.7. The Kier molecular flexibility index (Phi) is 9.02. The number of ether oxygens (including phenoxy) is 2. The highest BCUT2D eigenvalue weighted by molar-refractivity contribution is 7.89. The SMILES string of the molecule is COc1ccc(CCN(Cc2ccc(C)o2)C(=O)CN(CC2CC2)S(=O)(=O)c2ccc(Cl)cc2)cc1OC. The molecular formula is C28H33ClN2O6S. The fourth-order valence-electron chi connectivity index (χ4n) is 4.19. The van der Waals surface area contributed by atoms with E-state index in [1.165, 1.54) is 16.4 Å². The van der Waals surface area contributed by atoms with Gasteiger partial charge in [0, 0.05) is 18.1 Å². The first-order chi connectivity index (χ1) is 18.2. The number of methoxy groups -OCH3 is 2. The quantitative estimate of drug-likeness (QED) is 0.294. The maximum Gasteiger partial charge on any atom is 0.243 e. The molecule has 4 rings (SSSR count). The molecule has 0 radical (unpaired) electrons. The molecule has 1 aromatic heterocycles. The van der Waals surface area contributed by atoms with Gasteiger partial charge in [-0.05, 0) is 86.2 Å². The molecule has 1 aliphatic carbocycles. The first kappa shape index (κ1) is 28.0. The Bertz CT molecular complexity index is 1350. The maximum absolute atomic E-state index is 13.7. The number of furan rings is 1. The van der Waals surface area contributed by atoms with Gasteiger partial charge < -0.3 is 18.8 Å². The van der Waals surface area contributed by atoms with Crippen molar-refractivity contribution in [2.24, 2.45) is 5.92 Å². The van der Waals surface area contributed by atoms with Crippen LogP contribution >= 0.6 is 11.6 Å². The van der Waals surface area contributed by atoms with Crippen LogP contribution in [-0.2, 0) is 27.8 Å². The zero-order chi connectivity index (χ0) is 27.3. The molecule has 3 aromatic rings. The summed E-state index contributed by atoms with van der Waals surface area (Å²) in [6.07, 6.45) is 2.45. The lowest BCUT2D eigenvalue weighted by atomic mass is 10.1. The molecule has 1 heterocycles. The van der Waals surface area contributed by atoms with Gasteiger partial charge in [0.05, 0.1) is 32.2 Å². The molecule has 0 spiro atoms. The number of hydrogen-bond acceptors (Lipinski definition) is 6. The van der Waals surface area contributed by atoms with Crippen molar-refractivity contribution in [3.63, 3.8) is 0 Å². The minimum absolute atomic E-state index is 0.119. The smallest absolute Gasteiger partial charge is 0.243 e. The first-order valence-electron chi connectivity index (χ1n) is 12.5. The monoisotopic (exact) mass is 560 g/mol. The lowest BCUT2D eigenvalue weighted by Gasteiger charge is -2.27. The topological polar surface area (TPSA) is 89.3 Å². The highest BCUT2D eigenvalue weighted by atomic mass is 35.5. The van der Waals surface area contributed by atoms with Gasteiger partial charge in [-0.3, -0.25) is 4.79 Å². The van der Waals surface area contributed by atoms with Crippen LogP contribution in [0.5, 0.6) is 11.5 Å². The third kappa shape index (κ3) is 7.09. The first-order valence-corrected chi connectivity index (χ1v) is 14.3. The predicted octanol–water partition coefficient (Wildman–Crippen LogP) is 4.93. The number of carbonyl (C=O) groups excluding carboxylic acids is 1. The van der Waals surface area contributed by atoms with Crippen LogP contribution in [0.1, 0.15) is 29.9 Å². The molecule has 204 valence electrons. The molecule has 0 bridgehead atoms. The van der Waals surface area contributed by atoms with Crippen LogP contribution in [0.3, 0.4) is 0 Å². The molecule has 1 saturated carbocycles. The third-order valence-corrected chi connectivity index (χ3v) is 8.61. The summed E-state index contributed by atoms with van der Waals surface area (Å²) in [6, 6.07) is 15.3. The summed E-state index contributed by atoms with van der Waals surface area (Å²) in [6.45, 7) is 2.49. The fourth-order valence-corrected chi connectivity index (χ4v) is 5.78. The average molecular weight is 561 g/mol. The zero-order valence-electron chi connectivity index (χ0n) is 21.9. The van der Waals surface area contributed by atoms with E-state index in [1.54, 1.807) is 31.3 Å². The van der Waals surface area contributed by atoms with E-state index >= 15 is 0 Å². The van der Waals surface area contributed by atoms with Crippen molar-refractivity contribution in [1.29, 1.82) is 0 Å². The van der Waals surface area contributed by atoms with E-state index in [2.05, 4.69) is 0 Å². The van der Waals surface area contributed by atoms with Crippen LogP contribution in [0.15, 0.2) is 63.9 Å². The Labute approximate surface area is 229 Å². The second kappa shape index (κ2) is 12.2. The molecule has 0 atom stereocenters. The molecule has 0 N–H and O–H groups in total. The van der Waals surface area contributed by atoms with Gasteiger partial charge in [0.25, 0.3) is 0 Å². The Balaban J connectivity index is 1.55. The summed E-state index contributed by atoms with van der Waals surface area (Å²) in [5, 5.41) is 0.448. The summed E-state index contributed by atoms with van der Waals surface area (Å²) in [4.78, 5) is 15.4. The van der Waals surface area contributed by atoms with Crippen LogP contribution in [0, 0.1) is 12.8 Å². The number of hydrogen-bond donors (Lipinski definition) is 0. The molecule has 0 unspecified atom stereocenters. The number of halogens is 1. The standard InChI is InChI=1S/C28H33ClN2O6S/c1-20-4-10-24(37-20)18-30(15-14-21-7-13-26(35-2)27(16-21)36-3)28(32)19-31(17-22-5-6-22)38(33,34)25-11-8-23(29)9-12-25/h4,7-13,16,22H,5-6,14-15,17-19H2,1-3H3. The van der Waals surface area contributed by atoms with Gasteiger partial charge in [0.2, 0.25) is 15.9 Å². The van der Waals surface area contributed by atoms with E-state index in [4.69, 9.17) is 25.5 Å². The van der Waals surface area contributed by atoms with Crippen molar-refractivity contribution in [3.8, 4) is 11.5 Å². The third-order valence-electron chi connectivity index (χ3n) is 6.54. The van der Waals surface area contributed by atoms with E-state index in [9.17, 15) is 13.2 Å². The van der Waals surface area contributed by atoms with Crippen molar-refractivity contribution in [2.45, 2.75) is 37.6 Å². The molecule has 2 aromatic carbocycles. The summed E-state index contributed by atoms with van der Waals surface area (Å²) < 4.78 is 44.8. The van der Waals surface area contributed by atoms with Crippen LogP contribution in [0.25, 0.3) is 0 Å². The number of carbonyl (C=O) groups is 1. The van der Waals surface area contributed by atoms with Crippen molar-refractivity contribution in [1.82, 2.24) is 9.21 Å². The van der Waals surface area contributed by atoms with Gasteiger partial charge in [-0.25, -0.2) is 8.42 Å². The number of sulfonamides is 1. The molecule has 10 heteroatoms. The van der Waals surface area contributed by atoms with E-state index in [0.29, 0.717) is 41.8 Å². The normalized spacial score (nSPS) is 13.5. The van der Waals surface area contributed by atoms with Crippen LogP contribution in [0.2, 0.25) is 5.02 Å². The number of aryl methyl sites for hydroxylation is 1. The summed E-state index contributed by atoms with van der Waals surface area (Å²) in [7, 11) is -0.727. The Morgan fingerprint density at radius 2 is 1.74 bits per heavy atom. The zero-order valence-corrected chi connectivity index (χ0v) is 23.4. The Hall–Kier alpha value is -3.01. The predicted molar refractivity (Wildman–Crippen MR) is 145 cm³/mol. The minimum atomic E-state index is -3.88. The summed E-state index contributed by atoms with van der Waals surface area (Å²) >= 11 is 5.97. The van der Waals surface area contributed by atoms with Crippen molar-refractivity contribution in [2.75, 3.05) is 33.9 Å². The van der Waals surface area contributed by atoms with Gasteiger partial charge in [-0.15, -0.1) is 0 Å². The van der Waals surface area contributed by atoms with E-state index in [-0.39, 0.29) is 29.8 Å². The van der Waals surface area contributed by atoms with Crippen molar-refractivity contribution in [3.05, 3.63) is 76.7 Å². The van der Waals surface area contributed by atoms with Gasteiger partial charge in [0.1, 0.15) is 11.5 Å². The van der Waals surface area contributed by atoms with Gasteiger partial charge >= 0.3 is 0 Å². The second-order valence-corrected chi connectivity index (χ2v) is 11.8. The van der Waals surface area contributed by atoms with E-state index in [1.807, 2.05) is 37.3 Å². The number of nitrogens with zero attached hydrogens (tertiary/aromatic N) is 2. The van der Waals surface area contributed by atoms with Gasteiger partial charge in [0.15, 0.2) is 11.5 Å². The molecule has 1 amide bonds. The minimum Gasteiger partial charge on any atom is -0.493 e. The average Bonchev–Trinajstić information content (AvgIpc) is 3.64. The number of amides is 1. The molecule has 38 heavy (non-hydrogen) atoms. The molecule has 1 aliphatic rings. The highest BCUT2D eigenvalue weighted by Crippen LogP contribution is 2.32. The van der Waals surface area contributed by atoms with Crippen LogP contribution in [-0.4, -0.2) is 57.4 Å². The number of rotatable bonds is 13. The number of benzene rings is 2. The molecular weight excluding hydrogens is 528 g/mol. The summed E-state index contributed by atoms with van der Waals surface area (Å²) in [5.74, 6) is 2.58. The van der Waals surface area contributed by atoms with E-state index in [0.717, 1.165) is 24.2 Å². The Morgan fingerprint density at radius 1 is 1.03 bits per heavy atom.